The van der Waals surface area contributed by atoms with E-state index in [-0.39, 0.29) is 5.91 Å². The highest BCUT2D eigenvalue weighted by Gasteiger charge is 2.21. The smallest absolute Gasteiger partial charge is 0.326 e. The minimum atomic E-state index is -0.964. The summed E-state index contributed by atoms with van der Waals surface area (Å²) in [5, 5.41) is 11.8. The van der Waals surface area contributed by atoms with Gasteiger partial charge in [0.1, 0.15) is 6.04 Å². The maximum Gasteiger partial charge on any atom is 0.326 e. The molecule has 1 amide bonds. The summed E-state index contributed by atoms with van der Waals surface area (Å²) in [6.45, 7) is 6.10. The Morgan fingerprint density at radius 1 is 1.35 bits per heavy atom. The zero-order valence-electron chi connectivity index (χ0n) is 12.4. The number of carbonyl (C=O) groups excluding carboxylic acids is 1. The van der Waals surface area contributed by atoms with Gasteiger partial charge in [-0.05, 0) is 31.4 Å². The number of hydrogen-bond acceptors (Lipinski definition) is 3. The van der Waals surface area contributed by atoms with E-state index in [9.17, 15) is 9.59 Å². The first kappa shape index (κ1) is 16.7. The molecule has 0 aliphatic carbocycles. The van der Waals surface area contributed by atoms with Crippen LogP contribution in [0.1, 0.15) is 59.6 Å². The lowest BCUT2D eigenvalue weighted by atomic mass is 10.1. The fourth-order valence-electron chi connectivity index (χ4n) is 2.04. The first-order chi connectivity index (χ1) is 9.49. The minimum absolute atomic E-state index is 0.274. The quantitative estimate of drug-likeness (QED) is 0.773. The van der Waals surface area contributed by atoms with E-state index in [1.807, 2.05) is 19.9 Å². The molecule has 0 aromatic carbocycles. The summed E-state index contributed by atoms with van der Waals surface area (Å²) in [5.41, 5.74) is 1.18. The molecule has 5 heteroatoms. The monoisotopic (exact) mass is 297 g/mol. The van der Waals surface area contributed by atoms with Gasteiger partial charge >= 0.3 is 5.97 Å². The zero-order chi connectivity index (χ0) is 15.1. The molecule has 0 aliphatic rings. The summed E-state index contributed by atoms with van der Waals surface area (Å²) in [7, 11) is 0. The molecule has 1 aromatic heterocycles. The number of thiophene rings is 1. The Balaban J connectivity index is 2.73. The Hall–Kier alpha value is -1.36. The molecule has 112 valence electrons. The average Bonchev–Trinajstić information content (AvgIpc) is 2.76. The Labute approximate surface area is 124 Å². The third-order valence-corrected chi connectivity index (χ3v) is 4.31. The molecule has 0 fully saturated rings. The van der Waals surface area contributed by atoms with Crippen LogP contribution >= 0.6 is 11.3 Å². The number of aryl methyl sites for hydroxylation is 2. The summed E-state index contributed by atoms with van der Waals surface area (Å²) in [6.07, 6.45) is 4.17. The van der Waals surface area contributed by atoms with Crippen LogP contribution in [0.2, 0.25) is 0 Å². The molecule has 0 aliphatic heterocycles. The van der Waals surface area contributed by atoms with Gasteiger partial charge in [0.2, 0.25) is 0 Å². The molecule has 1 heterocycles. The molecule has 0 spiro atoms. The van der Waals surface area contributed by atoms with E-state index < -0.39 is 12.0 Å². The molecule has 0 bridgehead atoms. The van der Waals surface area contributed by atoms with Gasteiger partial charge in [-0.2, -0.15) is 0 Å². The number of carboxylic acids is 1. The van der Waals surface area contributed by atoms with Crippen LogP contribution in [0.3, 0.4) is 0 Å². The van der Waals surface area contributed by atoms with Gasteiger partial charge in [0, 0.05) is 4.88 Å². The van der Waals surface area contributed by atoms with E-state index in [0.717, 1.165) is 30.6 Å². The van der Waals surface area contributed by atoms with E-state index in [2.05, 4.69) is 12.2 Å². The van der Waals surface area contributed by atoms with Crippen molar-refractivity contribution < 1.29 is 14.7 Å². The molecule has 20 heavy (non-hydrogen) atoms. The van der Waals surface area contributed by atoms with Crippen molar-refractivity contribution in [3.05, 3.63) is 21.4 Å². The van der Waals surface area contributed by atoms with Crippen molar-refractivity contribution in [2.24, 2.45) is 0 Å². The molecule has 1 atom stereocenters. The van der Waals surface area contributed by atoms with Crippen molar-refractivity contribution in [1.82, 2.24) is 5.32 Å². The lowest BCUT2D eigenvalue weighted by Gasteiger charge is -2.13. The molecule has 0 saturated carbocycles. The number of carbonyl (C=O) groups is 2. The summed E-state index contributed by atoms with van der Waals surface area (Å²) in [6, 6.07) is 1.09. The van der Waals surface area contributed by atoms with Gasteiger partial charge in [-0.3, -0.25) is 4.79 Å². The number of aliphatic carboxylic acids is 1. The number of carboxylic acid groups (broad SMARTS) is 1. The third-order valence-electron chi connectivity index (χ3n) is 3.21. The van der Waals surface area contributed by atoms with Crippen LogP contribution in [0.5, 0.6) is 0 Å². The van der Waals surface area contributed by atoms with Gasteiger partial charge in [0.05, 0.1) is 4.88 Å². The molecular formula is C15H23NO3S. The second-order valence-corrected chi connectivity index (χ2v) is 6.20. The number of nitrogens with one attached hydrogen (secondary N) is 1. The highest BCUT2D eigenvalue weighted by molar-refractivity contribution is 7.14. The number of unbranched alkanes of at least 4 members (excludes halogenated alkanes) is 1. The fourth-order valence-corrected chi connectivity index (χ4v) is 3.02. The standard InChI is InChI=1S/C15H23NO3S/c1-4-6-8-12(15(18)19)16-14(17)13-9-11(7-5-2)10(3)20-13/h9,12H,4-8H2,1-3H3,(H,16,17)(H,18,19)/t12-/m0/s1. The molecule has 2 N–H and O–H groups in total. The van der Waals surface area contributed by atoms with Gasteiger partial charge in [0.25, 0.3) is 5.91 Å². The van der Waals surface area contributed by atoms with Crippen LogP contribution in [0.25, 0.3) is 0 Å². The Bertz CT molecular complexity index is 468. The molecule has 0 saturated heterocycles. The van der Waals surface area contributed by atoms with Crippen molar-refractivity contribution >= 4 is 23.2 Å². The second kappa shape index (κ2) is 8.04. The van der Waals surface area contributed by atoms with Crippen molar-refractivity contribution in [1.29, 1.82) is 0 Å². The van der Waals surface area contributed by atoms with Crippen molar-refractivity contribution in [3.63, 3.8) is 0 Å². The van der Waals surface area contributed by atoms with Gasteiger partial charge in [-0.15, -0.1) is 11.3 Å². The molecule has 0 radical (unpaired) electrons. The van der Waals surface area contributed by atoms with Crippen LogP contribution in [0.15, 0.2) is 6.07 Å². The van der Waals surface area contributed by atoms with Crippen molar-refractivity contribution in [3.8, 4) is 0 Å². The van der Waals surface area contributed by atoms with Gasteiger partial charge in [-0.1, -0.05) is 33.1 Å². The molecule has 1 rings (SSSR count). The fraction of sp³-hybridized carbons (Fsp3) is 0.600. The van der Waals surface area contributed by atoms with E-state index in [4.69, 9.17) is 5.11 Å². The lowest BCUT2D eigenvalue weighted by Crippen LogP contribution is -2.40. The topological polar surface area (TPSA) is 66.4 Å². The SMILES string of the molecule is CCCC[C@H](NC(=O)c1cc(CCC)c(C)s1)C(=O)O. The highest BCUT2D eigenvalue weighted by atomic mass is 32.1. The zero-order valence-corrected chi connectivity index (χ0v) is 13.2. The molecular weight excluding hydrogens is 274 g/mol. The van der Waals surface area contributed by atoms with Crippen LogP contribution in [0.4, 0.5) is 0 Å². The summed E-state index contributed by atoms with van der Waals surface area (Å²) < 4.78 is 0. The van der Waals surface area contributed by atoms with E-state index in [1.54, 1.807) is 0 Å². The Morgan fingerprint density at radius 2 is 2.05 bits per heavy atom. The molecule has 0 unspecified atom stereocenters. The third kappa shape index (κ3) is 4.63. The average molecular weight is 297 g/mol. The Kier molecular flexibility index (Phi) is 6.71. The van der Waals surface area contributed by atoms with E-state index in [1.165, 1.54) is 16.9 Å². The summed E-state index contributed by atoms with van der Waals surface area (Å²) in [5.74, 6) is -1.24. The van der Waals surface area contributed by atoms with Gasteiger partial charge in [-0.25, -0.2) is 4.79 Å². The maximum absolute atomic E-state index is 12.1. The normalized spacial score (nSPS) is 12.2. The molecule has 1 aromatic rings. The predicted octanol–water partition coefficient (Wildman–Crippen LogP) is 3.38. The van der Waals surface area contributed by atoms with Crippen molar-refractivity contribution in [2.75, 3.05) is 0 Å². The summed E-state index contributed by atoms with van der Waals surface area (Å²) in [4.78, 5) is 25.0. The van der Waals surface area contributed by atoms with Gasteiger partial charge < -0.3 is 10.4 Å². The van der Waals surface area contributed by atoms with Crippen LogP contribution in [-0.2, 0) is 11.2 Å². The van der Waals surface area contributed by atoms with E-state index >= 15 is 0 Å². The van der Waals surface area contributed by atoms with Crippen LogP contribution in [0, 0.1) is 6.92 Å². The lowest BCUT2D eigenvalue weighted by molar-refractivity contribution is -0.139. The van der Waals surface area contributed by atoms with Crippen LogP contribution in [-0.4, -0.2) is 23.0 Å². The van der Waals surface area contributed by atoms with Crippen LogP contribution < -0.4 is 5.32 Å². The second-order valence-electron chi connectivity index (χ2n) is 4.95. The summed E-state index contributed by atoms with van der Waals surface area (Å²) >= 11 is 1.43. The first-order valence-corrected chi connectivity index (χ1v) is 7.94. The highest BCUT2D eigenvalue weighted by Crippen LogP contribution is 2.23. The number of hydrogen-bond donors (Lipinski definition) is 2. The molecule has 4 nitrogen and oxygen atoms in total. The van der Waals surface area contributed by atoms with Crippen molar-refractivity contribution in [2.45, 2.75) is 58.9 Å². The maximum atomic E-state index is 12.1. The largest absolute Gasteiger partial charge is 0.480 e. The number of amides is 1. The Morgan fingerprint density at radius 3 is 2.60 bits per heavy atom. The van der Waals surface area contributed by atoms with E-state index in [0.29, 0.717) is 11.3 Å². The minimum Gasteiger partial charge on any atom is -0.480 e. The first-order valence-electron chi connectivity index (χ1n) is 7.12. The predicted molar refractivity (Wildman–Crippen MR) is 81.5 cm³/mol. The number of rotatable bonds is 8. The van der Waals surface area contributed by atoms with Gasteiger partial charge in [0.15, 0.2) is 0 Å².